The summed E-state index contributed by atoms with van der Waals surface area (Å²) in [5, 5.41) is 37.5. The molecule has 20 heteroatoms. The quantitative estimate of drug-likeness (QED) is 0.107. The first-order valence-electron chi connectivity index (χ1n) is 13.4. The first kappa shape index (κ1) is 31.7. The molecule has 0 bridgehead atoms. The van der Waals surface area contributed by atoms with Gasteiger partial charge < -0.3 is 20.4 Å². The molecular formula is C26H22N10O8S2. The second kappa shape index (κ2) is 13.1. The fourth-order valence-electron chi connectivity index (χ4n) is 4.68. The van der Waals surface area contributed by atoms with Gasteiger partial charge in [-0.1, -0.05) is 0 Å². The van der Waals surface area contributed by atoms with Gasteiger partial charge in [0.25, 0.3) is 23.2 Å². The van der Waals surface area contributed by atoms with Crippen molar-refractivity contribution in [2.45, 2.75) is 12.8 Å². The van der Waals surface area contributed by atoms with Gasteiger partial charge in [0.05, 0.1) is 9.85 Å². The molecule has 46 heavy (non-hydrogen) atoms. The topological polar surface area (TPSA) is 216 Å². The Hall–Kier alpha value is -5.76. The van der Waals surface area contributed by atoms with Gasteiger partial charge >= 0.3 is 0 Å². The number of hydrazone groups is 2. The zero-order valence-corrected chi connectivity index (χ0v) is 25.2. The van der Waals surface area contributed by atoms with Crippen molar-refractivity contribution < 1.29 is 29.0 Å². The number of rotatable bonds is 6. The van der Waals surface area contributed by atoms with Crippen LogP contribution >= 0.6 is 24.4 Å². The first-order valence-corrected chi connectivity index (χ1v) is 14.2. The summed E-state index contributed by atoms with van der Waals surface area (Å²) in [6.45, 7) is 0.992. The van der Waals surface area contributed by atoms with Crippen molar-refractivity contribution in [1.82, 2.24) is 30.5 Å². The molecule has 3 fully saturated rings. The summed E-state index contributed by atoms with van der Waals surface area (Å²) in [6.07, 6.45) is -0.949. The average molecular weight is 667 g/mol. The Morgan fingerprint density at radius 3 is 1.24 bits per heavy atom. The van der Waals surface area contributed by atoms with Crippen molar-refractivity contribution in [2.75, 3.05) is 26.2 Å². The van der Waals surface area contributed by atoms with E-state index in [1.807, 2.05) is 0 Å². The molecule has 3 saturated heterocycles. The van der Waals surface area contributed by atoms with Gasteiger partial charge in [-0.25, -0.2) is 0 Å². The largest absolute Gasteiger partial charge is 0.351 e. The maximum absolute atomic E-state index is 12.7. The minimum atomic E-state index is -0.659. The van der Waals surface area contributed by atoms with Crippen LogP contribution in [0.5, 0.6) is 0 Å². The number of thiocarbonyl (C=S) groups is 2. The van der Waals surface area contributed by atoms with E-state index >= 15 is 0 Å². The predicted octanol–water partition coefficient (Wildman–Crippen LogP) is 0.411. The van der Waals surface area contributed by atoms with E-state index in [1.54, 1.807) is 9.80 Å². The summed E-state index contributed by atoms with van der Waals surface area (Å²) in [5.74, 6) is -1.98. The highest BCUT2D eigenvalue weighted by Gasteiger charge is 2.33. The normalized spacial score (nSPS) is 18.1. The molecule has 18 nitrogen and oxygen atoms in total. The van der Waals surface area contributed by atoms with Crippen molar-refractivity contribution in [3.05, 3.63) is 79.9 Å². The number of amidine groups is 2. The molecule has 0 atom stereocenters. The monoisotopic (exact) mass is 666 g/mol. The lowest BCUT2D eigenvalue weighted by molar-refractivity contribution is -0.385. The summed E-state index contributed by atoms with van der Waals surface area (Å²) in [6, 6.07) is 11.0. The summed E-state index contributed by atoms with van der Waals surface area (Å²) in [7, 11) is 0. The Kier molecular flexibility index (Phi) is 9.00. The third-order valence-electron chi connectivity index (χ3n) is 6.91. The molecule has 0 radical (unpaired) electrons. The van der Waals surface area contributed by atoms with Crippen LogP contribution in [0.1, 0.15) is 24.0 Å². The van der Waals surface area contributed by atoms with E-state index in [0.29, 0.717) is 11.1 Å². The van der Waals surface area contributed by atoms with Crippen LogP contribution in [0.25, 0.3) is 0 Å². The summed E-state index contributed by atoms with van der Waals surface area (Å²) in [4.78, 5) is 73.9. The number of carbonyl (C=O) groups is 4. The lowest BCUT2D eigenvalue weighted by Gasteiger charge is -2.39. The van der Waals surface area contributed by atoms with Gasteiger partial charge in [-0.15, -0.1) is 10.2 Å². The SMILES string of the molecule is O=C1CC(=O)N(/N=C(\c2ccc([N+](=O)[O-])cc2)N2CCN(/C(=N/N3C(=O)CC(=O)NC3=S)c3ccc([N+](=O)[O-])cc3)CC2)C(=S)N1. The number of nitro benzene ring substituents is 2. The third kappa shape index (κ3) is 6.81. The van der Waals surface area contributed by atoms with Crippen LogP contribution in [0.4, 0.5) is 11.4 Å². The van der Waals surface area contributed by atoms with E-state index in [4.69, 9.17) is 24.4 Å². The van der Waals surface area contributed by atoms with E-state index in [1.165, 1.54) is 48.5 Å². The van der Waals surface area contributed by atoms with Gasteiger partial charge in [0.2, 0.25) is 22.0 Å². The number of carbonyl (C=O) groups excluding carboxylic acids is 4. The molecule has 3 heterocycles. The molecular weight excluding hydrogens is 644 g/mol. The van der Waals surface area contributed by atoms with E-state index in [2.05, 4.69) is 20.8 Å². The Morgan fingerprint density at radius 1 is 0.630 bits per heavy atom. The number of benzene rings is 2. The molecule has 3 aliphatic heterocycles. The number of piperazine rings is 1. The molecule has 0 aromatic heterocycles. The number of nitrogens with one attached hydrogen (secondary N) is 2. The zero-order chi connectivity index (χ0) is 33.1. The molecule has 236 valence electrons. The molecule has 0 spiro atoms. The Balaban J connectivity index is 1.46. The summed E-state index contributed by atoms with van der Waals surface area (Å²) in [5.41, 5.74) is 0.539. The summed E-state index contributed by atoms with van der Waals surface area (Å²) < 4.78 is 0. The van der Waals surface area contributed by atoms with Crippen molar-refractivity contribution >= 4 is 81.3 Å². The highest BCUT2D eigenvalue weighted by atomic mass is 32.1. The number of hydrogen-bond acceptors (Lipinski definition) is 12. The molecule has 2 N–H and O–H groups in total. The molecule has 5 rings (SSSR count). The van der Waals surface area contributed by atoms with Gasteiger partial charge in [0.15, 0.2) is 11.7 Å². The minimum Gasteiger partial charge on any atom is -0.351 e. The minimum absolute atomic E-state index is 0.157. The van der Waals surface area contributed by atoms with Gasteiger partial charge in [0, 0.05) is 61.6 Å². The van der Waals surface area contributed by atoms with Crippen LogP contribution in [0.15, 0.2) is 58.7 Å². The third-order valence-corrected chi connectivity index (χ3v) is 7.46. The van der Waals surface area contributed by atoms with Crippen LogP contribution in [-0.4, -0.2) is 101 Å². The summed E-state index contributed by atoms with van der Waals surface area (Å²) >= 11 is 10.3. The van der Waals surface area contributed by atoms with E-state index in [-0.39, 0.29) is 59.4 Å². The zero-order valence-electron chi connectivity index (χ0n) is 23.5. The number of nitro groups is 2. The fraction of sp³-hybridized carbons (Fsp3) is 0.231. The number of nitrogens with zero attached hydrogens (tertiary/aromatic N) is 8. The molecule has 0 aliphatic carbocycles. The standard InChI is InChI=1S/C26H22N10O8S2/c37-19-13-21(39)33(25(45)27-19)29-23(15-1-5-17(6-2-15)35(41)42)31-9-11-32(12-10-31)24(16-3-7-18(8-4-16)36(43)44)30-34-22(40)14-20(38)28-26(34)46/h1-8H,9-14H2,(H,27,37,45)(H,28,38,46)/b29-23+,30-24+. The van der Waals surface area contributed by atoms with Crippen molar-refractivity contribution in [3.63, 3.8) is 0 Å². The number of non-ortho nitro benzene ring substituents is 2. The highest BCUT2D eigenvalue weighted by Crippen LogP contribution is 2.20. The highest BCUT2D eigenvalue weighted by molar-refractivity contribution is 7.80. The van der Waals surface area contributed by atoms with Gasteiger partial charge in [-0.05, 0) is 48.7 Å². The van der Waals surface area contributed by atoms with Crippen LogP contribution in [0.3, 0.4) is 0 Å². The van der Waals surface area contributed by atoms with Crippen molar-refractivity contribution in [2.24, 2.45) is 10.2 Å². The molecule has 3 aliphatic rings. The molecule has 0 unspecified atom stereocenters. The van der Waals surface area contributed by atoms with E-state index in [0.717, 1.165) is 10.0 Å². The van der Waals surface area contributed by atoms with Crippen LogP contribution in [0, 0.1) is 20.2 Å². The number of amides is 4. The van der Waals surface area contributed by atoms with Crippen molar-refractivity contribution in [1.29, 1.82) is 0 Å². The Bertz CT molecular complexity index is 1570. The van der Waals surface area contributed by atoms with Crippen LogP contribution < -0.4 is 10.6 Å². The molecule has 4 amide bonds. The fourth-order valence-corrected chi connectivity index (χ4v) is 5.19. The Labute approximate surface area is 269 Å². The van der Waals surface area contributed by atoms with E-state index in [9.17, 15) is 39.4 Å². The van der Waals surface area contributed by atoms with E-state index < -0.39 is 46.3 Å². The van der Waals surface area contributed by atoms with Crippen molar-refractivity contribution in [3.8, 4) is 0 Å². The second-order valence-corrected chi connectivity index (χ2v) is 10.7. The second-order valence-electron chi connectivity index (χ2n) is 9.90. The smallest absolute Gasteiger partial charge is 0.269 e. The van der Waals surface area contributed by atoms with Gasteiger partial charge in [0.1, 0.15) is 12.8 Å². The molecule has 0 saturated carbocycles. The molecule has 2 aromatic carbocycles. The molecule has 2 aromatic rings. The van der Waals surface area contributed by atoms with Crippen LogP contribution in [-0.2, 0) is 19.2 Å². The van der Waals surface area contributed by atoms with Gasteiger partial charge in [-0.3, -0.25) is 39.4 Å². The maximum Gasteiger partial charge on any atom is 0.269 e. The lowest BCUT2D eigenvalue weighted by Crippen LogP contribution is -2.54. The van der Waals surface area contributed by atoms with Gasteiger partial charge in [-0.2, -0.15) is 10.0 Å². The predicted molar refractivity (Wildman–Crippen MR) is 167 cm³/mol. The average Bonchev–Trinajstić information content (AvgIpc) is 3.01. The lowest BCUT2D eigenvalue weighted by atomic mass is 10.1. The Morgan fingerprint density at radius 2 is 0.957 bits per heavy atom. The first-order chi connectivity index (χ1) is 21.9. The van der Waals surface area contributed by atoms with Crippen LogP contribution in [0.2, 0.25) is 0 Å². The maximum atomic E-state index is 12.7. The number of hydrogen-bond donors (Lipinski definition) is 2.